The third-order valence-electron chi connectivity index (χ3n) is 16.7. The van der Waals surface area contributed by atoms with Gasteiger partial charge in [-0.2, -0.15) is 0 Å². The van der Waals surface area contributed by atoms with E-state index >= 15 is 0 Å². The Balaban J connectivity index is 4.21. The average molecular weight is 990 g/mol. The summed E-state index contributed by atoms with van der Waals surface area (Å²) >= 11 is 0. The van der Waals surface area contributed by atoms with E-state index in [9.17, 15) is 4.79 Å². The van der Waals surface area contributed by atoms with Crippen LogP contribution in [0.1, 0.15) is 150 Å². The fraction of sp³-hybridized carbons (Fsp3) is 0.804. The molecule has 0 aromatic heterocycles. The maximum absolute atomic E-state index is 13.9. The zero-order valence-electron chi connectivity index (χ0n) is 48.0. The molecule has 1 aliphatic heterocycles. The number of esters is 1. The second kappa shape index (κ2) is 24.8. The van der Waals surface area contributed by atoms with Crippen LogP contribution >= 0.6 is 0 Å². The van der Waals surface area contributed by atoms with E-state index in [1.165, 1.54) is 0 Å². The molecule has 2 unspecified atom stereocenters. The van der Waals surface area contributed by atoms with E-state index in [1.54, 1.807) is 12.2 Å². The molecule has 0 bridgehead atoms. The van der Waals surface area contributed by atoms with Crippen molar-refractivity contribution in [3.63, 3.8) is 0 Å². The molecule has 0 N–H and O–H groups in total. The minimum atomic E-state index is -2.21. The predicted octanol–water partition coefficient (Wildman–Crippen LogP) is 17.3. The molecular formula is C56H108O6Si4. The monoisotopic (exact) mass is 989 g/mol. The van der Waals surface area contributed by atoms with Crippen LogP contribution in [0, 0.1) is 35.5 Å². The highest BCUT2D eigenvalue weighted by Crippen LogP contribution is 2.44. The minimum absolute atomic E-state index is 0.0296. The largest absolute Gasteiger partial charge is 0.458 e. The lowest BCUT2D eigenvalue weighted by atomic mass is 9.82. The molecule has 66 heavy (non-hydrogen) atoms. The van der Waals surface area contributed by atoms with Gasteiger partial charge in [0.15, 0.2) is 33.3 Å². The first-order valence-corrected chi connectivity index (χ1v) is 37.5. The third kappa shape index (κ3) is 19.2. The molecule has 0 saturated heterocycles. The SMILES string of the molecule is C=C/C=C\[C@H](C)[C@@H]1OC(=O)/C=C\C=C\[C@H](C)C(O[Si](C)(C)C(C)(C)C)CC(O[Si](C)(C)C(C)(C)C)/C=C\[C@H](C)[C@H](O[Si](C)(C)C(C)(C)C)[C@H](C)C[C@@H](C)CC[C@H](O[Si](C)(C)C(C)(C)C)[C@@H]1C. The molecule has 384 valence electrons. The van der Waals surface area contributed by atoms with E-state index in [-0.39, 0.29) is 74.2 Å². The number of cyclic esters (lactones) is 1. The van der Waals surface area contributed by atoms with Crippen LogP contribution in [0.4, 0.5) is 0 Å². The standard InChI is InChI=1S/C56H108O6Si4/c1-28-29-32-43(4)52-46(7)48(60-64(22,23)54(11,12)13)38-35-41(2)39-45(6)51(62-66(26,27)56(17,18)19)44(5)36-37-47(59-63(20,21)53(8,9)10)40-49(61-65(24,25)55(14,15)16)42(3)33-30-31-34-50(57)58-52/h28-34,36-37,41-49,51-52H,1,35,38-40H2,2-27H3/b32-29-,33-30+,34-31-,37-36-/t41-,42-,43-,44-,45+,46-,47?,48-,49?,51-,52-/m0/s1. The summed E-state index contributed by atoms with van der Waals surface area (Å²) in [6.45, 7) is 64.5. The fourth-order valence-corrected chi connectivity index (χ4v) is 13.4. The Kier molecular flexibility index (Phi) is 23.6. The first-order chi connectivity index (χ1) is 29.6. The van der Waals surface area contributed by atoms with Crippen molar-refractivity contribution in [2.45, 2.75) is 253 Å². The minimum Gasteiger partial charge on any atom is -0.458 e. The van der Waals surface area contributed by atoms with Crippen LogP contribution in [-0.4, -0.2) is 69.8 Å². The predicted molar refractivity (Wildman–Crippen MR) is 298 cm³/mol. The molecule has 0 radical (unpaired) electrons. The number of ether oxygens (including phenoxy) is 1. The van der Waals surface area contributed by atoms with Gasteiger partial charge in [0, 0.05) is 24.3 Å². The van der Waals surface area contributed by atoms with Crippen LogP contribution in [0.2, 0.25) is 72.5 Å². The van der Waals surface area contributed by atoms with Crippen LogP contribution < -0.4 is 0 Å². The van der Waals surface area contributed by atoms with Gasteiger partial charge in [0.05, 0.1) is 24.4 Å². The highest BCUT2D eigenvalue weighted by atomic mass is 28.4. The molecule has 0 amide bonds. The van der Waals surface area contributed by atoms with E-state index in [0.717, 1.165) is 25.7 Å². The van der Waals surface area contributed by atoms with Crippen LogP contribution in [0.5, 0.6) is 0 Å². The molecule has 0 aliphatic carbocycles. The molecule has 1 aliphatic rings. The topological polar surface area (TPSA) is 63.2 Å². The summed E-state index contributed by atoms with van der Waals surface area (Å²) in [7, 11) is -8.76. The molecule has 0 fully saturated rings. The Morgan fingerprint density at radius 1 is 0.621 bits per heavy atom. The maximum Gasteiger partial charge on any atom is 0.331 e. The molecule has 0 saturated carbocycles. The molecular weight excluding hydrogens is 881 g/mol. The molecule has 1 rings (SSSR count). The molecule has 0 aromatic carbocycles. The Bertz CT molecular complexity index is 1620. The highest BCUT2D eigenvalue weighted by molar-refractivity contribution is 6.75. The molecule has 6 nitrogen and oxygen atoms in total. The number of allylic oxidation sites excluding steroid dienone is 4. The zero-order valence-corrected chi connectivity index (χ0v) is 52.0. The average Bonchev–Trinajstić information content (AvgIpc) is 3.14. The molecule has 10 heteroatoms. The highest BCUT2D eigenvalue weighted by Gasteiger charge is 2.45. The Labute approximate surface area is 414 Å². The van der Waals surface area contributed by atoms with E-state index < -0.39 is 39.4 Å². The van der Waals surface area contributed by atoms with Gasteiger partial charge in [0.25, 0.3) is 0 Å². The summed E-state index contributed by atoms with van der Waals surface area (Å²) in [5, 5.41) is 0.176. The number of hydrogen-bond donors (Lipinski definition) is 0. The van der Waals surface area contributed by atoms with Gasteiger partial charge in [-0.05, 0) is 115 Å². The zero-order chi connectivity index (χ0) is 51.7. The summed E-state index contributed by atoms with van der Waals surface area (Å²) in [5.41, 5.74) is 0. The van der Waals surface area contributed by atoms with Crippen molar-refractivity contribution in [3.8, 4) is 0 Å². The van der Waals surface area contributed by atoms with Crippen molar-refractivity contribution in [2.24, 2.45) is 35.5 Å². The van der Waals surface area contributed by atoms with Gasteiger partial charge in [-0.1, -0.05) is 180 Å². The fourth-order valence-electron chi connectivity index (χ4n) is 7.80. The van der Waals surface area contributed by atoms with Crippen molar-refractivity contribution >= 4 is 39.2 Å². The van der Waals surface area contributed by atoms with E-state index in [4.69, 9.17) is 22.4 Å². The second-order valence-corrected chi connectivity index (χ2v) is 45.8. The summed E-state index contributed by atoms with van der Waals surface area (Å²) < 4.78 is 36.1. The lowest BCUT2D eigenvalue weighted by Gasteiger charge is -2.44. The lowest BCUT2D eigenvalue weighted by Crippen LogP contribution is -2.48. The van der Waals surface area contributed by atoms with Gasteiger partial charge in [-0.3, -0.25) is 0 Å². The number of carbonyl (C=O) groups excluding carboxylic acids is 1. The first-order valence-electron chi connectivity index (χ1n) is 25.8. The Hall–Kier alpha value is -1.12. The number of hydrogen-bond acceptors (Lipinski definition) is 6. The van der Waals surface area contributed by atoms with Crippen LogP contribution in [0.3, 0.4) is 0 Å². The Morgan fingerprint density at radius 3 is 1.58 bits per heavy atom. The number of carbonyl (C=O) groups is 1. The summed E-state index contributed by atoms with van der Waals surface area (Å²) in [6.07, 6.45) is 21.2. The lowest BCUT2D eigenvalue weighted by molar-refractivity contribution is -0.150. The van der Waals surface area contributed by atoms with Gasteiger partial charge in [-0.25, -0.2) is 4.79 Å². The van der Waals surface area contributed by atoms with Gasteiger partial charge < -0.3 is 22.4 Å². The third-order valence-corrected chi connectivity index (χ3v) is 34.6. The van der Waals surface area contributed by atoms with Crippen molar-refractivity contribution in [1.82, 2.24) is 0 Å². The molecule has 11 atom stereocenters. The Morgan fingerprint density at radius 2 is 1.09 bits per heavy atom. The van der Waals surface area contributed by atoms with Crippen LogP contribution in [0.15, 0.2) is 61.3 Å². The molecule has 1 heterocycles. The summed E-state index contributed by atoms with van der Waals surface area (Å²) in [4.78, 5) is 13.9. The van der Waals surface area contributed by atoms with Crippen molar-refractivity contribution in [1.29, 1.82) is 0 Å². The van der Waals surface area contributed by atoms with Crippen LogP contribution in [-0.2, 0) is 27.2 Å². The molecule has 0 spiro atoms. The van der Waals surface area contributed by atoms with E-state index in [2.05, 4.69) is 208 Å². The summed E-state index contributed by atoms with van der Waals surface area (Å²) in [6, 6.07) is 0. The van der Waals surface area contributed by atoms with Crippen LogP contribution in [0.25, 0.3) is 0 Å². The van der Waals surface area contributed by atoms with Crippen molar-refractivity contribution < 1.29 is 27.2 Å². The van der Waals surface area contributed by atoms with Gasteiger partial charge in [-0.15, -0.1) is 0 Å². The smallest absolute Gasteiger partial charge is 0.331 e. The summed E-state index contributed by atoms with van der Waals surface area (Å²) in [5.74, 6) is 0.522. The second-order valence-electron chi connectivity index (χ2n) is 26.8. The van der Waals surface area contributed by atoms with Crippen molar-refractivity contribution in [2.75, 3.05) is 0 Å². The van der Waals surface area contributed by atoms with E-state index in [0.29, 0.717) is 11.8 Å². The van der Waals surface area contributed by atoms with Gasteiger partial charge in [0.1, 0.15) is 6.10 Å². The van der Waals surface area contributed by atoms with Gasteiger partial charge >= 0.3 is 5.97 Å². The first kappa shape index (κ1) is 62.9. The number of rotatable bonds is 11. The molecule has 0 aromatic rings. The normalized spacial score (nSPS) is 30.7. The van der Waals surface area contributed by atoms with Gasteiger partial charge in [0.2, 0.25) is 0 Å². The van der Waals surface area contributed by atoms with Crippen molar-refractivity contribution in [3.05, 3.63) is 61.3 Å². The quantitative estimate of drug-likeness (QED) is 0.0890. The maximum atomic E-state index is 13.9. The van der Waals surface area contributed by atoms with E-state index in [1.807, 2.05) is 18.2 Å².